The van der Waals surface area contributed by atoms with Crippen molar-refractivity contribution in [3.8, 4) is 11.8 Å². The van der Waals surface area contributed by atoms with Crippen LogP contribution in [0.1, 0.15) is 49.5 Å². The second-order valence-electron chi connectivity index (χ2n) is 5.97. The fourth-order valence-electron chi connectivity index (χ4n) is 2.33. The molecule has 0 unspecified atom stereocenters. The van der Waals surface area contributed by atoms with E-state index in [1.54, 1.807) is 31.2 Å². The molecule has 9 heteroatoms. The minimum atomic E-state index is -3.18. The third kappa shape index (κ3) is 7.50. The maximum Gasteiger partial charge on any atom is 0.346 e. The van der Waals surface area contributed by atoms with Crippen LogP contribution in [0.2, 0.25) is 0 Å². The van der Waals surface area contributed by atoms with Crippen molar-refractivity contribution in [2.24, 2.45) is 0 Å². The topological polar surface area (TPSA) is 92.8 Å². The van der Waals surface area contributed by atoms with Crippen LogP contribution in [0.4, 0.5) is 0 Å². The molecule has 0 bridgehead atoms. The second kappa shape index (κ2) is 11.7. The lowest BCUT2D eigenvalue weighted by molar-refractivity contribution is -0.135. The first-order valence-electron chi connectivity index (χ1n) is 8.95. The van der Waals surface area contributed by atoms with Crippen molar-refractivity contribution in [1.82, 2.24) is 9.62 Å². The van der Waals surface area contributed by atoms with E-state index in [0.717, 1.165) is 0 Å². The van der Waals surface area contributed by atoms with E-state index in [-0.39, 0.29) is 5.75 Å². The zero-order chi connectivity index (χ0) is 21.2. The molecule has 0 aliphatic carbocycles. The average Bonchev–Trinajstić information content (AvgIpc) is 2.69. The summed E-state index contributed by atoms with van der Waals surface area (Å²) in [5.41, 5.74) is 1.00. The molecule has 28 heavy (non-hydrogen) atoms. The van der Waals surface area contributed by atoms with Crippen LogP contribution in [0.25, 0.3) is 0 Å². The number of nitrogens with one attached hydrogen (secondary N) is 1. The predicted molar refractivity (Wildman–Crippen MR) is 108 cm³/mol. The molecular weight excluding hydrogens is 404 g/mol. The Hall–Kier alpha value is -2.08. The highest BCUT2D eigenvalue weighted by molar-refractivity contribution is 7.89. The van der Waals surface area contributed by atoms with Crippen LogP contribution in [-0.2, 0) is 19.1 Å². The average molecular weight is 429 g/mol. The molecule has 0 aliphatic heterocycles. The highest BCUT2D eigenvalue weighted by Gasteiger charge is 2.18. The molecule has 0 radical (unpaired) electrons. The van der Waals surface area contributed by atoms with E-state index in [4.69, 9.17) is 11.9 Å². The fourth-order valence-corrected chi connectivity index (χ4v) is 3.63. The Kier molecular flexibility index (Phi) is 10.0. The van der Waals surface area contributed by atoms with Gasteiger partial charge >= 0.3 is 5.97 Å². The number of sulfonamides is 1. The van der Waals surface area contributed by atoms with Crippen molar-refractivity contribution in [3.63, 3.8) is 0 Å². The molecule has 1 amide bonds. The third-order valence-electron chi connectivity index (χ3n) is 3.95. The van der Waals surface area contributed by atoms with E-state index in [1.165, 1.54) is 11.2 Å². The van der Waals surface area contributed by atoms with Gasteiger partial charge in [-0.1, -0.05) is 24.8 Å². The number of carbonyl (C=O) groups excluding carboxylic acids is 2. The van der Waals surface area contributed by atoms with Gasteiger partial charge in [0.1, 0.15) is 17.9 Å². The molecule has 1 aromatic rings. The van der Waals surface area contributed by atoms with Crippen LogP contribution in [0.5, 0.6) is 0 Å². The summed E-state index contributed by atoms with van der Waals surface area (Å²) in [6.45, 7) is 5.77. The van der Waals surface area contributed by atoms with Crippen molar-refractivity contribution in [2.75, 3.05) is 18.8 Å². The number of rotatable bonds is 9. The minimum absolute atomic E-state index is 0.0859. The van der Waals surface area contributed by atoms with E-state index in [9.17, 15) is 18.0 Å². The van der Waals surface area contributed by atoms with Crippen LogP contribution in [0.3, 0.4) is 0 Å². The molecule has 0 fully saturated rings. The molecule has 1 N–H and O–H groups in total. The van der Waals surface area contributed by atoms with Crippen molar-refractivity contribution in [2.45, 2.75) is 39.7 Å². The van der Waals surface area contributed by atoms with Crippen molar-refractivity contribution < 1.29 is 22.3 Å². The van der Waals surface area contributed by atoms with Gasteiger partial charge in [0.05, 0.1) is 5.75 Å². The Morgan fingerprint density at radius 2 is 2.04 bits per heavy atom. The number of benzene rings is 1. The Balaban J connectivity index is 2.64. The fraction of sp³-hybridized carbons (Fsp3) is 0.474. The van der Waals surface area contributed by atoms with Gasteiger partial charge in [0.2, 0.25) is 10.0 Å². The van der Waals surface area contributed by atoms with Gasteiger partial charge in [-0.15, -0.1) is 0 Å². The van der Waals surface area contributed by atoms with Crippen LogP contribution < -0.4 is 5.32 Å². The Morgan fingerprint density at radius 1 is 1.32 bits per heavy atom. The number of amides is 1. The van der Waals surface area contributed by atoms with Crippen LogP contribution in [0.15, 0.2) is 24.3 Å². The van der Waals surface area contributed by atoms with Crippen LogP contribution in [-0.4, -0.2) is 49.5 Å². The lowest BCUT2D eigenvalue weighted by Crippen LogP contribution is -2.38. The molecule has 0 saturated heterocycles. The summed E-state index contributed by atoms with van der Waals surface area (Å²) >= 11 is 4.99. The normalized spacial score (nSPS) is 12.0. The molecular formula is C19H25ClN2O5S. The van der Waals surface area contributed by atoms with Gasteiger partial charge in [0, 0.05) is 30.6 Å². The number of carbonyl (C=O) groups is 2. The maximum absolute atomic E-state index is 12.2. The molecule has 0 spiro atoms. The first-order chi connectivity index (χ1) is 13.2. The van der Waals surface area contributed by atoms with Crippen molar-refractivity contribution >= 4 is 33.8 Å². The van der Waals surface area contributed by atoms with E-state index in [1.807, 2.05) is 6.92 Å². The van der Waals surface area contributed by atoms with Gasteiger partial charge in [0.15, 0.2) is 0 Å². The molecule has 154 valence electrons. The van der Waals surface area contributed by atoms with Gasteiger partial charge in [-0.05, 0) is 38.5 Å². The predicted octanol–water partition coefficient (Wildman–Crippen LogP) is 2.31. The number of hydrogen-bond acceptors (Lipinski definition) is 5. The van der Waals surface area contributed by atoms with E-state index < -0.39 is 27.9 Å². The molecule has 0 heterocycles. The smallest absolute Gasteiger partial charge is 0.345 e. The standard InChI is InChI=1S/C19H25ClN2O5S/c1-4-22(28(25,26)5-2)13-8-6-7-10-16-11-9-12-17(14-16)18(23)21-15(3)19(24)27-20/h9,11-12,14-15H,4-6,8,13H2,1-3H3,(H,21,23)/t15-/m1/s1. The minimum Gasteiger partial charge on any atom is -0.345 e. The quantitative estimate of drug-likeness (QED) is 0.481. The van der Waals surface area contributed by atoms with Crippen molar-refractivity contribution in [3.05, 3.63) is 35.4 Å². The Bertz CT molecular complexity index is 845. The summed E-state index contributed by atoms with van der Waals surface area (Å²) in [7, 11) is -3.18. The molecule has 1 atom stereocenters. The number of hydrogen-bond donors (Lipinski definition) is 1. The van der Waals surface area contributed by atoms with E-state index in [0.29, 0.717) is 37.1 Å². The summed E-state index contributed by atoms with van der Waals surface area (Å²) in [5.74, 6) is 4.84. The highest BCUT2D eigenvalue weighted by Crippen LogP contribution is 2.06. The Morgan fingerprint density at radius 3 is 2.64 bits per heavy atom. The highest BCUT2D eigenvalue weighted by atomic mass is 35.5. The second-order valence-corrected chi connectivity index (χ2v) is 8.38. The summed E-state index contributed by atoms with van der Waals surface area (Å²) in [6, 6.07) is 5.80. The molecule has 1 aromatic carbocycles. The lowest BCUT2D eigenvalue weighted by atomic mass is 10.1. The number of halogens is 1. The summed E-state index contributed by atoms with van der Waals surface area (Å²) in [4.78, 5) is 23.4. The molecule has 1 rings (SSSR count). The number of nitrogens with zero attached hydrogens (tertiary/aromatic N) is 1. The Labute approximate surface area is 171 Å². The van der Waals surface area contributed by atoms with E-state index in [2.05, 4.69) is 21.4 Å². The monoisotopic (exact) mass is 428 g/mol. The van der Waals surface area contributed by atoms with Gasteiger partial charge in [-0.3, -0.25) is 4.79 Å². The summed E-state index contributed by atoms with van der Waals surface area (Å²) in [6.07, 6.45) is 1.16. The van der Waals surface area contributed by atoms with E-state index >= 15 is 0 Å². The van der Waals surface area contributed by atoms with Gasteiger partial charge < -0.3 is 9.61 Å². The zero-order valence-corrected chi connectivity index (χ0v) is 17.8. The summed E-state index contributed by atoms with van der Waals surface area (Å²) < 4.78 is 29.2. The van der Waals surface area contributed by atoms with Gasteiger partial charge in [0.25, 0.3) is 5.91 Å². The first kappa shape index (κ1) is 24.0. The van der Waals surface area contributed by atoms with Crippen molar-refractivity contribution in [1.29, 1.82) is 0 Å². The summed E-state index contributed by atoms with van der Waals surface area (Å²) in [5, 5.41) is 2.48. The van der Waals surface area contributed by atoms with Crippen LogP contribution >= 0.6 is 11.9 Å². The molecule has 7 nitrogen and oxygen atoms in total. The first-order valence-corrected chi connectivity index (χ1v) is 10.9. The molecule has 0 aliphatic rings. The number of unbranched alkanes of at least 4 members (excludes halogenated alkanes) is 1. The molecule has 0 aromatic heterocycles. The van der Waals surface area contributed by atoms with Gasteiger partial charge in [-0.2, -0.15) is 0 Å². The molecule has 0 saturated carbocycles. The van der Waals surface area contributed by atoms with Crippen LogP contribution in [0, 0.1) is 11.8 Å². The largest absolute Gasteiger partial charge is 0.346 e. The SMILES string of the molecule is CCN(CCCC#Cc1cccc(C(=O)N[C@H](C)C(=O)OCl)c1)S(=O)(=O)CC. The third-order valence-corrected chi connectivity index (χ3v) is 6.06. The zero-order valence-electron chi connectivity index (χ0n) is 16.2. The van der Waals surface area contributed by atoms with Gasteiger partial charge in [-0.25, -0.2) is 17.5 Å². The maximum atomic E-state index is 12.2. The lowest BCUT2D eigenvalue weighted by Gasteiger charge is -2.18.